The van der Waals surface area contributed by atoms with E-state index in [0.717, 1.165) is 10.4 Å². The first kappa shape index (κ1) is 18.8. The van der Waals surface area contributed by atoms with Gasteiger partial charge in [0.15, 0.2) is 0 Å². The number of ether oxygens (including phenoxy) is 1. The number of halogens is 2. The molecule has 0 bridgehead atoms. The van der Waals surface area contributed by atoms with Crippen LogP contribution in [0.1, 0.15) is 5.56 Å². The summed E-state index contributed by atoms with van der Waals surface area (Å²) >= 11 is 0. The maximum atomic E-state index is 13.6. The predicted octanol–water partition coefficient (Wildman–Crippen LogP) is 4.37. The lowest BCUT2D eigenvalue weighted by molar-refractivity contribution is 0.410. The molecule has 0 atom stereocenters. The Labute approximate surface area is 156 Å². The summed E-state index contributed by atoms with van der Waals surface area (Å²) in [6, 6.07) is 16.8. The molecule has 0 aliphatic heterocycles. The van der Waals surface area contributed by atoms with Crippen LogP contribution < -0.4 is 9.04 Å². The van der Waals surface area contributed by atoms with Crippen LogP contribution in [0.5, 0.6) is 5.75 Å². The van der Waals surface area contributed by atoms with Crippen molar-refractivity contribution < 1.29 is 21.9 Å². The SMILES string of the molecule is COc1ccccc1CN(c1ccc(F)cc1)S(=O)(=O)c1cccc(F)c1. The molecule has 4 nitrogen and oxygen atoms in total. The topological polar surface area (TPSA) is 46.6 Å². The molecule has 0 aliphatic rings. The van der Waals surface area contributed by atoms with Crippen LogP contribution in [0.3, 0.4) is 0 Å². The summed E-state index contributed by atoms with van der Waals surface area (Å²) in [4.78, 5) is -0.193. The first-order chi connectivity index (χ1) is 12.9. The minimum atomic E-state index is -4.10. The molecule has 140 valence electrons. The van der Waals surface area contributed by atoms with E-state index in [1.807, 2.05) is 0 Å². The number of benzene rings is 3. The number of hydrogen-bond donors (Lipinski definition) is 0. The predicted molar refractivity (Wildman–Crippen MR) is 99.2 cm³/mol. The molecule has 0 fully saturated rings. The molecule has 0 heterocycles. The van der Waals surface area contributed by atoms with Crippen LogP contribution in [0, 0.1) is 11.6 Å². The fraction of sp³-hybridized carbons (Fsp3) is 0.100. The number of anilines is 1. The van der Waals surface area contributed by atoms with Gasteiger partial charge in [0.05, 0.1) is 24.2 Å². The van der Waals surface area contributed by atoms with E-state index in [4.69, 9.17) is 4.74 Å². The average Bonchev–Trinajstić information content (AvgIpc) is 2.67. The molecule has 0 aliphatic carbocycles. The van der Waals surface area contributed by atoms with E-state index in [9.17, 15) is 17.2 Å². The van der Waals surface area contributed by atoms with E-state index in [1.54, 1.807) is 24.3 Å². The molecule has 0 saturated carbocycles. The Balaban J connectivity index is 2.11. The van der Waals surface area contributed by atoms with E-state index in [0.29, 0.717) is 11.3 Å². The molecule has 3 aromatic carbocycles. The second-order valence-electron chi connectivity index (χ2n) is 5.76. The lowest BCUT2D eigenvalue weighted by Gasteiger charge is -2.25. The smallest absolute Gasteiger partial charge is 0.264 e. The van der Waals surface area contributed by atoms with Crippen LogP contribution in [-0.4, -0.2) is 15.5 Å². The summed E-state index contributed by atoms with van der Waals surface area (Å²) in [5.74, 6) is -0.634. The highest BCUT2D eigenvalue weighted by Crippen LogP contribution is 2.29. The van der Waals surface area contributed by atoms with Gasteiger partial charge in [-0.05, 0) is 48.5 Å². The highest BCUT2D eigenvalue weighted by molar-refractivity contribution is 7.92. The van der Waals surface area contributed by atoms with Gasteiger partial charge in [0.1, 0.15) is 17.4 Å². The summed E-state index contributed by atoms with van der Waals surface area (Å²) < 4.78 is 59.7. The molecule has 0 unspecified atom stereocenters. The van der Waals surface area contributed by atoms with Gasteiger partial charge in [-0.2, -0.15) is 0 Å². The summed E-state index contributed by atoms with van der Waals surface area (Å²) in [6.07, 6.45) is 0. The van der Waals surface area contributed by atoms with Crippen molar-refractivity contribution in [3.8, 4) is 5.75 Å². The standard InChI is InChI=1S/C20H17F2NO3S/c1-26-20-8-3-2-5-15(20)14-23(18-11-9-16(21)10-12-18)27(24,25)19-7-4-6-17(22)13-19/h2-13H,14H2,1H3. The van der Waals surface area contributed by atoms with Gasteiger partial charge in [-0.25, -0.2) is 17.2 Å². The summed E-state index contributed by atoms with van der Waals surface area (Å²) in [6.45, 7) is -0.0610. The Morgan fingerprint density at radius 3 is 2.26 bits per heavy atom. The molecule has 0 saturated heterocycles. The van der Waals surface area contributed by atoms with Gasteiger partial charge in [-0.3, -0.25) is 4.31 Å². The molecule has 7 heteroatoms. The molecule has 0 spiro atoms. The van der Waals surface area contributed by atoms with Crippen LogP contribution in [0.15, 0.2) is 77.7 Å². The molecule has 27 heavy (non-hydrogen) atoms. The molecule has 0 aromatic heterocycles. The van der Waals surface area contributed by atoms with Crippen LogP contribution in [-0.2, 0) is 16.6 Å². The lowest BCUT2D eigenvalue weighted by atomic mass is 10.2. The summed E-state index contributed by atoms with van der Waals surface area (Å²) in [5, 5.41) is 0. The fourth-order valence-corrected chi connectivity index (χ4v) is 4.14. The van der Waals surface area contributed by atoms with Crippen molar-refractivity contribution >= 4 is 15.7 Å². The Hall–Kier alpha value is -2.93. The molecule has 0 amide bonds. The minimum Gasteiger partial charge on any atom is -0.496 e. The van der Waals surface area contributed by atoms with Crippen LogP contribution in [0.4, 0.5) is 14.5 Å². The average molecular weight is 389 g/mol. The van der Waals surface area contributed by atoms with Gasteiger partial charge in [0.25, 0.3) is 10.0 Å². The third-order valence-corrected chi connectivity index (χ3v) is 5.78. The number of methoxy groups -OCH3 is 1. The van der Waals surface area contributed by atoms with Gasteiger partial charge in [-0.15, -0.1) is 0 Å². The second kappa shape index (κ2) is 7.75. The molecule has 3 rings (SSSR count). The molecule has 0 radical (unpaired) electrons. The normalized spacial score (nSPS) is 11.2. The second-order valence-corrected chi connectivity index (χ2v) is 7.62. The number of hydrogen-bond acceptors (Lipinski definition) is 3. The van der Waals surface area contributed by atoms with E-state index < -0.39 is 21.7 Å². The van der Waals surface area contributed by atoms with Gasteiger partial charge in [0.2, 0.25) is 0 Å². The first-order valence-electron chi connectivity index (χ1n) is 8.07. The van der Waals surface area contributed by atoms with Crippen molar-refractivity contribution in [3.05, 3.63) is 90.0 Å². The van der Waals surface area contributed by atoms with Gasteiger partial charge < -0.3 is 4.74 Å². The Kier molecular flexibility index (Phi) is 5.41. The van der Waals surface area contributed by atoms with Gasteiger partial charge >= 0.3 is 0 Å². The molecule has 0 N–H and O–H groups in total. The zero-order chi connectivity index (χ0) is 19.4. The maximum absolute atomic E-state index is 13.6. The Morgan fingerprint density at radius 1 is 0.889 bits per heavy atom. The monoisotopic (exact) mass is 389 g/mol. The number of sulfonamides is 1. The number of nitrogens with zero attached hydrogens (tertiary/aromatic N) is 1. The third kappa shape index (κ3) is 4.09. The summed E-state index contributed by atoms with van der Waals surface area (Å²) in [5.41, 5.74) is 0.871. The third-order valence-electron chi connectivity index (χ3n) is 4.01. The first-order valence-corrected chi connectivity index (χ1v) is 9.51. The van der Waals surface area contributed by atoms with E-state index in [1.165, 1.54) is 49.6 Å². The van der Waals surface area contributed by atoms with Crippen LogP contribution >= 0.6 is 0 Å². The molecular formula is C20H17F2NO3S. The minimum absolute atomic E-state index is 0.0610. The van der Waals surface area contributed by atoms with Gasteiger partial charge in [0, 0.05) is 5.56 Å². The van der Waals surface area contributed by atoms with Crippen molar-refractivity contribution in [2.24, 2.45) is 0 Å². The highest BCUT2D eigenvalue weighted by atomic mass is 32.2. The lowest BCUT2D eigenvalue weighted by Crippen LogP contribution is -2.30. The van der Waals surface area contributed by atoms with E-state index in [-0.39, 0.29) is 17.1 Å². The number of para-hydroxylation sites is 1. The van der Waals surface area contributed by atoms with Crippen molar-refractivity contribution in [1.82, 2.24) is 0 Å². The zero-order valence-electron chi connectivity index (χ0n) is 14.5. The quantitative estimate of drug-likeness (QED) is 0.629. The summed E-state index contributed by atoms with van der Waals surface area (Å²) in [7, 11) is -2.61. The van der Waals surface area contributed by atoms with Crippen LogP contribution in [0.25, 0.3) is 0 Å². The fourth-order valence-electron chi connectivity index (χ4n) is 2.67. The van der Waals surface area contributed by atoms with Crippen molar-refractivity contribution in [1.29, 1.82) is 0 Å². The van der Waals surface area contributed by atoms with Crippen molar-refractivity contribution in [2.45, 2.75) is 11.4 Å². The maximum Gasteiger partial charge on any atom is 0.264 e. The van der Waals surface area contributed by atoms with Gasteiger partial charge in [-0.1, -0.05) is 24.3 Å². The zero-order valence-corrected chi connectivity index (χ0v) is 15.3. The van der Waals surface area contributed by atoms with Crippen LogP contribution in [0.2, 0.25) is 0 Å². The Bertz CT molecular complexity index is 1040. The Morgan fingerprint density at radius 2 is 1.59 bits per heavy atom. The largest absolute Gasteiger partial charge is 0.496 e. The molecular weight excluding hydrogens is 372 g/mol. The van der Waals surface area contributed by atoms with Crippen molar-refractivity contribution in [3.63, 3.8) is 0 Å². The van der Waals surface area contributed by atoms with E-state index >= 15 is 0 Å². The van der Waals surface area contributed by atoms with Crippen molar-refractivity contribution in [2.75, 3.05) is 11.4 Å². The van der Waals surface area contributed by atoms with E-state index in [2.05, 4.69) is 0 Å². The molecule has 3 aromatic rings. The highest BCUT2D eigenvalue weighted by Gasteiger charge is 2.26. The number of rotatable bonds is 6.